The summed E-state index contributed by atoms with van der Waals surface area (Å²) in [5.41, 5.74) is 14.9. The van der Waals surface area contributed by atoms with Gasteiger partial charge in [-0.3, -0.25) is 9.97 Å². The Morgan fingerprint density at radius 1 is 0.327 bits per heavy atom. The summed E-state index contributed by atoms with van der Waals surface area (Å²) in [7, 11) is 0. The van der Waals surface area contributed by atoms with Crippen LogP contribution in [-0.4, -0.2) is 9.97 Å². The molecule has 3 heteroatoms. The fourth-order valence-corrected chi connectivity index (χ4v) is 10.4. The largest absolute Gasteiger partial charge is 0.265 e. The number of benzene rings is 8. The van der Waals surface area contributed by atoms with E-state index in [0.29, 0.717) is 0 Å². The predicted octanol–water partition coefficient (Wildman–Crippen LogP) is 14.6. The summed E-state index contributed by atoms with van der Waals surface area (Å²) in [6.45, 7) is 0. The molecular weight excluding hydrogens is 685 g/mol. The molecule has 3 aromatic heterocycles. The van der Waals surface area contributed by atoms with Gasteiger partial charge in [0, 0.05) is 50.5 Å². The standard InChI is InChI=1S/C52H30N2S/c1-2-9-34-28-35(17-16-31(34)8-1)36-29-44(52-45(30-36)38-10-5-6-15-46(38)55-52)37-18-19-43-49-39(37)13-7-14-42(49)50-47(32-20-24-53-25-21-32)40-11-3-4-12-41(40)48(51(43)50)33-22-26-54-27-23-33/h1-30H. The van der Waals surface area contributed by atoms with Gasteiger partial charge in [-0.05, 0) is 142 Å². The van der Waals surface area contributed by atoms with Crippen LogP contribution in [0.1, 0.15) is 0 Å². The van der Waals surface area contributed by atoms with Gasteiger partial charge in [0.15, 0.2) is 0 Å². The van der Waals surface area contributed by atoms with E-state index in [4.69, 9.17) is 0 Å². The van der Waals surface area contributed by atoms with Crippen LogP contribution < -0.4 is 0 Å². The Hall–Kier alpha value is -6.94. The van der Waals surface area contributed by atoms with Gasteiger partial charge in [0.05, 0.1) is 0 Å². The Kier molecular flexibility index (Phi) is 6.54. The molecule has 1 aliphatic rings. The fraction of sp³-hybridized carbons (Fsp3) is 0. The highest BCUT2D eigenvalue weighted by atomic mass is 32.1. The summed E-state index contributed by atoms with van der Waals surface area (Å²) >= 11 is 1.90. The second-order valence-electron chi connectivity index (χ2n) is 14.5. The highest BCUT2D eigenvalue weighted by molar-refractivity contribution is 7.26. The second kappa shape index (κ2) is 11.8. The average molecular weight is 715 g/mol. The van der Waals surface area contributed by atoms with E-state index in [9.17, 15) is 0 Å². The Labute approximate surface area is 321 Å². The van der Waals surface area contributed by atoms with E-state index in [-0.39, 0.29) is 0 Å². The van der Waals surface area contributed by atoms with E-state index in [1.807, 2.05) is 36.1 Å². The number of thiophene rings is 1. The molecule has 0 atom stereocenters. The number of hydrogen-bond acceptors (Lipinski definition) is 3. The Balaban J connectivity index is 1.19. The van der Waals surface area contributed by atoms with Gasteiger partial charge in [-0.1, -0.05) is 109 Å². The van der Waals surface area contributed by atoms with Crippen LogP contribution in [0.25, 0.3) is 119 Å². The third-order valence-corrected chi connectivity index (χ3v) is 12.8. The van der Waals surface area contributed by atoms with Crippen LogP contribution in [-0.2, 0) is 0 Å². The molecule has 0 saturated carbocycles. The third kappa shape index (κ3) is 4.48. The number of aromatic nitrogens is 2. The number of hydrogen-bond donors (Lipinski definition) is 0. The summed E-state index contributed by atoms with van der Waals surface area (Å²) in [6.07, 6.45) is 7.64. The van der Waals surface area contributed by atoms with Crippen LogP contribution in [0.2, 0.25) is 0 Å². The van der Waals surface area contributed by atoms with Gasteiger partial charge < -0.3 is 0 Å². The quantitative estimate of drug-likeness (QED) is 0.181. The molecule has 0 saturated heterocycles. The van der Waals surface area contributed by atoms with Crippen LogP contribution in [0.3, 0.4) is 0 Å². The molecule has 3 heterocycles. The van der Waals surface area contributed by atoms with Crippen LogP contribution in [0.15, 0.2) is 183 Å². The molecule has 1 aliphatic carbocycles. The molecule has 0 radical (unpaired) electrons. The van der Waals surface area contributed by atoms with Gasteiger partial charge in [-0.2, -0.15) is 0 Å². The van der Waals surface area contributed by atoms with Crippen LogP contribution in [0.4, 0.5) is 0 Å². The maximum Gasteiger partial charge on any atom is 0.0434 e. The topological polar surface area (TPSA) is 25.8 Å². The van der Waals surface area contributed by atoms with Crippen molar-refractivity contribution in [3.63, 3.8) is 0 Å². The number of nitrogens with zero attached hydrogens (tertiary/aromatic N) is 2. The van der Waals surface area contributed by atoms with Crippen molar-refractivity contribution in [2.45, 2.75) is 0 Å². The molecule has 2 nitrogen and oxygen atoms in total. The predicted molar refractivity (Wildman–Crippen MR) is 234 cm³/mol. The van der Waals surface area contributed by atoms with Gasteiger partial charge in [0.2, 0.25) is 0 Å². The van der Waals surface area contributed by atoms with E-state index < -0.39 is 0 Å². The lowest BCUT2D eigenvalue weighted by atomic mass is 9.83. The van der Waals surface area contributed by atoms with E-state index in [0.717, 1.165) is 0 Å². The first-order valence-corrected chi connectivity index (χ1v) is 19.5. The van der Waals surface area contributed by atoms with Crippen molar-refractivity contribution in [3.05, 3.63) is 183 Å². The van der Waals surface area contributed by atoms with Gasteiger partial charge in [-0.15, -0.1) is 11.3 Å². The lowest BCUT2D eigenvalue weighted by molar-refractivity contribution is 1.33. The summed E-state index contributed by atoms with van der Waals surface area (Å²) in [5.74, 6) is 0. The lowest BCUT2D eigenvalue weighted by Crippen LogP contribution is -1.93. The van der Waals surface area contributed by atoms with Crippen molar-refractivity contribution in [1.82, 2.24) is 9.97 Å². The van der Waals surface area contributed by atoms with Crippen molar-refractivity contribution in [2.24, 2.45) is 0 Å². The smallest absolute Gasteiger partial charge is 0.0434 e. The molecule has 11 aromatic rings. The highest BCUT2D eigenvalue weighted by Gasteiger charge is 2.31. The minimum absolute atomic E-state index is 1.17. The molecule has 0 amide bonds. The molecule has 0 fully saturated rings. The first kappa shape index (κ1) is 30.5. The van der Waals surface area contributed by atoms with Gasteiger partial charge in [0.1, 0.15) is 0 Å². The van der Waals surface area contributed by atoms with Crippen LogP contribution in [0.5, 0.6) is 0 Å². The van der Waals surface area contributed by atoms with Crippen molar-refractivity contribution in [2.75, 3.05) is 0 Å². The highest BCUT2D eigenvalue weighted by Crippen LogP contribution is 2.59. The second-order valence-corrected chi connectivity index (χ2v) is 15.5. The molecule has 8 aromatic carbocycles. The molecular formula is C52H30N2S. The molecule has 0 N–H and O–H groups in total. The van der Waals surface area contributed by atoms with E-state index in [2.05, 4.69) is 168 Å². The number of pyridine rings is 2. The number of rotatable bonds is 4. The Bertz CT molecular complexity index is 3270. The molecule has 0 bridgehead atoms. The third-order valence-electron chi connectivity index (χ3n) is 11.6. The van der Waals surface area contributed by atoms with Gasteiger partial charge >= 0.3 is 0 Å². The maximum absolute atomic E-state index is 4.41. The van der Waals surface area contributed by atoms with Crippen molar-refractivity contribution >= 4 is 63.8 Å². The molecule has 55 heavy (non-hydrogen) atoms. The Morgan fingerprint density at radius 3 is 1.65 bits per heavy atom. The van der Waals surface area contributed by atoms with Gasteiger partial charge in [0.25, 0.3) is 0 Å². The zero-order valence-electron chi connectivity index (χ0n) is 29.6. The SMILES string of the molecule is c1ccc2cc(-c3cc(-c4ccc5c6c(cccc46)-c4c-5c(-c5ccncc5)c5ccccc5c4-c4ccncc4)c4sc5ccccc5c4c3)ccc2c1. The number of fused-ring (bicyclic) bond motifs is 8. The van der Waals surface area contributed by atoms with Crippen LogP contribution >= 0.6 is 11.3 Å². The summed E-state index contributed by atoms with van der Waals surface area (Å²) in [6, 6.07) is 58.4. The fourth-order valence-electron chi connectivity index (χ4n) is 9.23. The average Bonchev–Trinajstić information content (AvgIpc) is 3.80. The van der Waals surface area contributed by atoms with Crippen LogP contribution in [0, 0.1) is 0 Å². The molecule has 254 valence electrons. The maximum atomic E-state index is 4.41. The molecule has 0 aliphatic heterocycles. The zero-order chi connectivity index (χ0) is 36.0. The first-order valence-electron chi connectivity index (χ1n) is 18.7. The summed E-state index contributed by atoms with van der Waals surface area (Å²) in [5, 5.41) is 10.2. The molecule has 0 unspecified atom stereocenters. The van der Waals surface area contributed by atoms with E-state index in [1.165, 1.54) is 119 Å². The summed E-state index contributed by atoms with van der Waals surface area (Å²) in [4.78, 5) is 8.82. The molecule has 12 rings (SSSR count). The van der Waals surface area contributed by atoms with Gasteiger partial charge in [-0.25, -0.2) is 0 Å². The zero-order valence-corrected chi connectivity index (χ0v) is 30.4. The van der Waals surface area contributed by atoms with Crippen molar-refractivity contribution < 1.29 is 0 Å². The monoisotopic (exact) mass is 714 g/mol. The van der Waals surface area contributed by atoms with Crippen molar-refractivity contribution in [3.8, 4) is 66.8 Å². The van der Waals surface area contributed by atoms with E-state index >= 15 is 0 Å². The van der Waals surface area contributed by atoms with E-state index in [1.54, 1.807) is 0 Å². The summed E-state index contributed by atoms with van der Waals surface area (Å²) < 4.78 is 2.63. The normalized spacial score (nSPS) is 12.0. The first-order chi connectivity index (χ1) is 27.3. The molecule has 0 spiro atoms. The Morgan fingerprint density at radius 2 is 0.927 bits per heavy atom. The minimum Gasteiger partial charge on any atom is -0.265 e. The minimum atomic E-state index is 1.17. The van der Waals surface area contributed by atoms with Crippen molar-refractivity contribution in [1.29, 1.82) is 0 Å². The lowest BCUT2D eigenvalue weighted by Gasteiger charge is -2.20.